The van der Waals surface area contributed by atoms with Crippen LogP contribution in [0.2, 0.25) is 0 Å². The fourth-order valence-electron chi connectivity index (χ4n) is 4.65. The van der Waals surface area contributed by atoms with Crippen LogP contribution in [0, 0.1) is 0 Å². The minimum atomic E-state index is 0.235. The molecule has 0 bridgehead atoms. The van der Waals surface area contributed by atoms with Crippen LogP contribution in [0.5, 0.6) is 5.75 Å². The van der Waals surface area contributed by atoms with Crippen molar-refractivity contribution in [2.45, 2.75) is 45.6 Å². The lowest BCUT2D eigenvalue weighted by atomic mass is 9.88. The summed E-state index contributed by atoms with van der Waals surface area (Å²) in [6, 6.07) is 19.0. The van der Waals surface area contributed by atoms with Gasteiger partial charge in [0.25, 0.3) is 0 Å². The lowest BCUT2D eigenvalue weighted by Crippen LogP contribution is -2.33. The largest absolute Gasteiger partial charge is 0.497 e. The normalized spacial score (nSPS) is 18.5. The molecule has 2 aromatic carbocycles. The maximum atomic E-state index is 6.08. The van der Waals surface area contributed by atoms with Crippen molar-refractivity contribution in [3.8, 4) is 17.0 Å². The first-order valence-electron chi connectivity index (χ1n) is 10.8. The first kappa shape index (κ1) is 19.3. The molecule has 4 nitrogen and oxygen atoms in total. The van der Waals surface area contributed by atoms with Gasteiger partial charge < -0.3 is 9.47 Å². The van der Waals surface area contributed by atoms with Gasteiger partial charge in [0, 0.05) is 43.7 Å². The second-order valence-electron chi connectivity index (χ2n) is 8.34. The molecule has 2 aliphatic heterocycles. The third-order valence-electron chi connectivity index (χ3n) is 6.27. The average molecular weight is 401 g/mol. The van der Waals surface area contributed by atoms with Gasteiger partial charge in [-0.1, -0.05) is 42.5 Å². The van der Waals surface area contributed by atoms with Crippen molar-refractivity contribution >= 4 is 0 Å². The van der Waals surface area contributed by atoms with Crippen LogP contribution in [-0.4, -0.2) is 29.6 Å². The molecule has 30 heavy (non-hydrogen) atoms. The van der Waals surface area contributed by atoms with E-state index in [-0.39, 0.29) is 6.10 Å². The van der Waals surface area contributed by atoms with Gasteiger partial charge in [-0.25, -0.2) is 0 Å². The predicted octanol–water partition coefficient (Wildman–Crippen LogP) is 4.78. The van der Waals surface area contributed by atoms with Crippen LogP contribution < -0.4 is 4.74 Å². The maximum Gasteiger partial charge on any atom is 0.118 e. The second kappa shape index (κ2) is 8.21. The Morgan fingerprint density at radius 2 is 1.83 bits per heavy atom. The lowest BCUT2D eigenvalue weighted by molar-refractivity contribution is 0.0396. The van der Waals surface area contributed by atoms with Gasteiger partial charge >= 0.3 is 0 Å². The molecule has 1 atom stereocenters. The molecular weight excluding hydrogens is 372 g/mol. The van der Waals surface area contributed by atoms with Crippen molar-refractivity contribution in [2.75, 3.05) is 13.7 Å². The summed E-state index contributed by atoms with van der Waals surface area (Å²) < 4.78 is 11.4. The van der Waals surface area contributed by atoms with E-state index in [1.54, 1.807) is 7.11 Å². The van der Waals surface area contributed by atoms with Gasteiger partial charge in [-0.2, -0.15) is 0 Å². The van der Waals surface area contributed by atoms with E-state index in [1.807, 2.05) is 12.1 Å². The minimum Gasteiger partial charge on any atom is -0.497 e. The molecule has 4 heteroatoms. The average Bonchev–Trinajstić information content (AvgIpc) is 2.79. The van der Waals surface area contributed by atoms with E-state index in [9.17, 15) is 0 Å². The molecule has 0 spiro atoms. The fraction of sp³-hybridized carbons (Fsp3) is 0.346. The summed E-state index contributed by atoms with van der Waals surface area (Å²) in [6.07, 6.45) is 2.14. The first-order chi connectivity index (χ1) is 14.7. The molecule has 0 N–H and O–H groups in total. The van der Waals surface area contributed by atoms with E-state index in [0.29, 0.717) is 6.61 Å². The Hall–Kier alpha value is -2.69. The quantitative estimate of drug-likeness (QED) is 0.631. The summed E-state index contributed by atoms with van der Waals surface area (Å²) in [5, 5.41) is 0. The van der Waals surface area contributed by atoms with E-state index in [2.05, 4.69) is 54.3 Å². The third-order valence-corrected chi connectivity index (χ3v) is 6.27. The summed E-state index contributed by atoms with van der Waals surface area (Å²) in [7, 11) is 1.71. The number of benzene rings is 2. The van der Waals surface area contributed by atoms with Gasteiger partial charge in [0.15, 0.2) is 0 Å². The van der Waals surface area contributed by atoms with E-state index < -0.39 is 0 Å². The number of aromatic nitrogens is 1. The molecule has 2 aliphatic rings. The molecular formula is C26H28N2O2. The zero-order valence-corrected chi connectivity index (χ0v) is 17.7. The Morgan fingerprint density at radius 1 is 1.03 bits per heavy atom. The molecule has 0 saturated heterocycles. The smallest absolute Gasteiger partial charge is 0.118 e. The fourth-order valence-corrected chi connectivity index (χ4v) is 4.65. The zero-order chi connectivity index (χ0) is 20.5. The Balaban J connectivity index is 1.47. The van der Waals surface area contributed by atoms with Crippen molar-refractivity contribution in [1.82, 2.24) is 9.88 Å². The van der Waals surface area contributed by atoms with E-state index in [0.717, 1.165) is 43.9 Å². The van der Waals surface area contributed by atoms with Crippen LogP contribution in [0.25, 0.3) is 11.3 Å². The SMILES string of the molecule is COc1ccc(CN2CCc3nc(-c4ccccc4)c4c(c3C2)CO[C@@H](C)C4)cc1. The Kier molecular flexibility index (Phi) is 5.28. The number of hydrogen-bond donors (Lipinski definition) is 0. The number of hydrogen-bond acceptors (Lipinski definition) is 4. The van der Waals surface area contributed by atoms with Crippen LogP contribution in [0.4, 0.5) is 0 Å². The van der Waals surface area contributed by atoms with E-state index >= 15 is 0 Å². The number of pyridine rings is 1. The monoisotopic (exact) mass is 400 g/mol. The van der Waals surface area contributed by atoms with Crippen LogP contribution >= 0.6 is 0 Å². The summed E-state index contributed by atoms with van der Waals surface area (Å²) in [4.78, 5) is 7.72. The van der Waals surface area contributed by atoms with E-state index in [1.165, 1.54) is 33.5 Å². The summed E-state index contributed by atoms with van der Waals surface area (Å²) in [5.41, 5.74) is 9.07. The Bertz CT molecular complexity index is 1030. The molecule has 1 aromatic heterocycles. The number of fused-ring (bicyclic) bond motifs is 3. The Labute approximate surface area is 178 Å². The maximum absolute atomic E-state index is 6.08. The first-order valence-corrected chi connectivity index (χ1v) is 10.8. The van der Waals surface area contributed by atoms with Gasteiger partial charge in [0.05, 0.1) is 25.5 Å². The van der Waals surface area contributed by atoms with Crippen LogP contribution in [0.3, 0.4) is 0 Å². The topological polar surface area (TPSA) is 34.6 Å². The van der Waals surface area contributed by atoms with Gasteiger partial charge in [-0.05, 0) is 41.3 Å². The Morgan fingerprint density at radius 3 is 2.60 bits per heavy atom. The van der Waals surface area contributed by atoms with Crippen molar-refractivity contribution in [3.05, 3.63) is 82.5 Å². The summed E-state index contributed by atoms with van der Waals surface area (Å²) in [5.74, 6) is 0.903. The summed E-state index contributed by atoms with van der Waals surface area (Å²) in [6.45, 7) is 5.75. The van der Waals surface area contributed by atoms with Crippen molar-refractivity contribution < 1.29 is 9.47 Å². The second-order valence-corrected chi connectivity index (χ2v) is 8.34. The molecule has 0 fully saturated rings. The standard InChI is InChI=1S/C26H28N2O2/c1-18-14-22-24(17-30-18)23-16-28(15-19-8-10-21(29-2)11-9-19)13-12-25(23)27-26(22)20-6-4-3-5-7-20/h3-11,18H,12-17H2,1-2H3/t18-/m0/s1. The molecule has 0 unspecified atom stereocenters. The predicted molar refractivity (Wildman–Crippen MR) is 118 cm³/mol. The van der Waals surface area contributed by atoms with Crippen LogP contribution in [0.15, 0.2) is 54.6 Å². The summed E-state index contributed by atoms with van der Waals surface area (Å²) >= 11 is 0. The van der Waals surface area contributed by atoms with Crippen molar-refractivity contribution in [2.24, 2.45) is 0 Å². The minimum absolute atomic E-state index is 0.235. The molecule has 3 heterocycles. The number of rotatable bonds is 4. The number of ether oxygens (including phenoxy) is 2. The molecule has 154 valence electrons. The zero-order valence-electron chi connectivity index (χ0n) is 17.7. The molecule has 5 rings (SSSR count). The highest BCUT2D eigenvalue weighted by Crippen LogP contribution is 2.35. The highest BCUT2D eigenvalue weighted by Gasteiger charge is 2.29. The van der Waals surface area contributed by atoms with Crippen molar-refractivity contribution in [1.29, 1.82) is 0 Å². The van der Waals surface area contributed by atoms with Crippen LogP contribution in [0.1, 0.15) is 34.9 Å². The number of methoxy groups -OCH3 is 1. The number of nitrogens with zero attached hydrogens (tertiary/aromatic N) is 2. The molecule has 0 aliphatic carbocycles. The van der Waals surface area contributed by atoms with Gasteiger partial charge in [-0.3, -0.25) is 9.88 Å². The van der Waals surface area contributed by atoms with Gasteiger partial charge in [0.2, 0.25) is 0 Å². The lowest BCUT2D eigenvalue weighted by Gasteiger charge is -2.34. The van der Waals surface area contributed by atoms with Gasteiger partial charge in [0.1, 0.15) is 5.75 Å². The molecule has 0 amide bonds. The molecule has 0 saturated carbocycles. The van der Waals surface area contributed by atoms with Gasteiger partial charge in [-0.15, -0.1) is 0 Å². The third kappa shape index (κ3) is 3.73. The molecule has 0 radical (unpaired) electrons. The van der Waals surface area contributed by atoms with E-state index in [4.69, 9.17) is 14.5 Å². The van der Waals surface area contributed by atoms with Crippen LogP contribution in [-0.2, 0) is 37.3 Å². The molecule has 3 aromatic rings. The highest BCUT2D eigenvalue weighted by atomic mass is 16.5. The van der Waals surface area contributed by atoms with Crippen molar-refractivity contribution in [3.63, 3.8) is 0 Å². The highest BCUT2D eigenvalue weighted by molar-refractivity contribution is 5.66.